The molecular weight excluding hydrogens is 789 g/mol. The lowest BCUT2D eigenvalue weighted by atomic mass is 9.97. The maximum absolute atomic E-state index is 6.21. The monoisotopic (exact) mass is 828 g/mol. The number of anilines is 3. The third kappa shape index (κ3) is 6.12. The highest BCUT2D eigenvalue weighted by Crippen LogP contribution is 2.44. The van der Waals surface area contributed by atoms with Crippen molar-refractivity contribution >= 4 is 82.4 Å². The van der Waals surface area contributed by atoms with Gasteiger partial charge in [-0.15, -0.1) is 0 Å². The van der Waals surface area contributed by atoms with Gasteiger partial charge in [0.05, 0.1) is 22.4 Å². The van der Waals surface area contributed by atoms with Crippen molar-refractivity contribution in [3.8, 4) is 39.1 Å². The van der Waals surface area contributed by atoms with Gasteiger partial charge in [-0.05, 0) is 111 Å². The van der Waals surface area contributed by atoms with Crippen molar-refractivity contribution in [2.24, 2.45) is 0 Å². The quantitative estimate of drug-likeness (QED) is 0.149. The summed E-state index contributed by atoms with van der Waals surface area (Å²) >= 11 is 0. The smallest absolute Gasteiger partial charge is 0.136 e. The highest BCUT2D eigenvalue weighted by Gasteiger charge is 2.20. The number of hydrogen-bond acceptors (Lipinski definition) is 2. The predicted octanol–water partition coefficient (Wildman–Crippen LogP) is 17.5. The summed E-state index contributed by atoms with van der Waals surface area (Å²) in [6, 6.07) is 87.8. The van der Waals surface area contributed by atoms with Crippen molar-refractivity contribution in [3.63, 3.8) is 0 Å². The molecule has 0 aliphatic heterocycles. The van der Waals surface area contributed by atoms with E-state index in [-0.39, 0.29) is 0 Å². The van der Waals surface area contributed by atoms with Crippen molar-refractivity contribution in [2.75, 3.05) is 4.90 Å². The summed E-state index contributed by atoms with van der Waals surface area (Å²) in [5.74, 6) is 0. The molecule has 0 spiro atoms. The number of hydrogen-bond donors (Lipinski definition) is 0. The van der Waals surface area contributed by atoms with E-state index in [1.807, 2.05) is 12.1 Å². The van der Waals surface area contributed by atoms with Gasteiger partial charge in [-0.2, -0.15) is 0 Å². The molecule has 11 aromatic carbocycles. The fraction of sp³-hybridized carbons (Fsp3) is 0. The molecule has 65 heavy (non-hydrogen) atoms. The van der Waals surface area contributed by atoms with E-state index in [1.165, 1.54) is 54.5 Å². The molecule has 0 amide bonds. The topological polar surface area (TPSA) is 21.3 Å². The Hall–Kier alpha value is -8.66. The van der Waals surface area contributed by atoms with Crippen LogP contribution in [0.15, 0.2) is 247 Å². The second-order valence-corrected chi connectivity index (χ2v) is 16.9. The zero-order valence-corrected chi connectivity index (χ0v) is 35.4. The number of aromatic nitrogens is 1. The summed E-state index contributed by atoms with van der Waals surface area (Å²) in [7, 11) is 0. The zero-order chi connectivity index (χ0) is 42.8. The van der Waals surface area contributed by atoms with Crippen molar-refractivity contribution < 1.29 is 4.42 Å². The molecule has 0 aliphatic carbocycles. The molecule has 0 fully saturated rings. The lowest BCUT2D eigenvalue weighted by Gasteiger charge is -2.28. The molecule has 0 unspecified atom stereocenters. The molecule has 0 saturated heterocycles. The van der Waals surface area contributed by atoms with Crippen LogP contribution in [0.2, 0.25) is 0 Å². The van der Waals surface area contributed by atoms with Gasteiger partial charge in [0.1, 0.15) is 11.2 Å². The van der Waals surface area contributed by atoms with E-state index in [4.69, 9.17) is 4.42 Å². The average molecular weight is 829 g/mol. The summed E-state index contributed by atoms with van der Waals surface area (Å²) in [6.45, 7) is 0. The van der Waals surface area contributed by atoms with Gasteiger partial charge < -0.3 is 13.9 Å². The molecule has 13 rings (SSSR count). The maximum Gasteiger partial charge on any atom is 0.136 e. The molecule has 0 radical (unpaired) electrons. The van der Waals surface area contributed by atoms with Gasteiger partial charge in [-0.25, -0.2) is 0 Å². The first-order valence-electron chi connectivity index (χ1n) is 22.2. The minimum atomic E-state index is 0.908. The molecule has 0 saturated carbocycles. The second kappa shape index (κ2) is 15.0. The summed E-state index contributed by atoms with van der Waals surface area (Å²) in [4.78, 5) is 2.42. The van der Waals surface area contributed by atoms with Gasteiger partial charge in [0, 0.05) is 43.9 Å². The van der Waals surface area contributed by atoms with Crippen LogP contribution in [-0.2, 0) is 0 Å². The molecule has 0 bridgehead atoms. The van der Waals surface area contributed by atoms with Crippen molar-refractivity contribution in [3.05, 3.63) is 243 Å². The summed E-state index contributed by atoms with van der Waals surface area (Å²) in [6.07, 6.45) is 0. The van der Waals surface area contributed by atoms with Crippen molar-refractivity contribution in [1.82, 2.24) is 4.57 Å². The molecule has 2 heterocycles. The number of furan rings is 1. The third-order valence-corrected chi connectivity index (χ3v) is 13.2. The zero-order valence-electron chi connectivity index (χ0n) is 35.4. The Morgan fingerprint density at radius 1 is 0.308 bits per heavy atom. The Labute approximate surface area is 376 Å². The molecule has 2 aromatic heterocycles. The first-order valence-corrected chi connectivity index (χ1v) is 22.2. The second-order valence-electron chi connectivity index (χ2n) is 16.9. The number of fused-ring (bicyclic) bond motifs is 9. The van der Waals surface area contributed by atoms with E-state index in [0.29, 0.717) is 0 Å². The molecule has 0 atom stereocenters. The molecule has 3 nitrogen and oxygen atoms in total. The molecule has 304 valence electrons. The Bertz CT molecular complexity index is 3880. The number of nitrogens with zero attached hydrogens (tertiary/aromatic N) is 2. The minimum absolute atomic E-state index is 0.908. The maximum atomic E-state index is 6.21. The van der Waals surface area contributed by atoms with Crippen LogP contribution < -0.4 is 4.90 Å². The van der Waals surface area contributed by atoms with Crippen LogP contribution in [0.3, 0.4) is 0 Å². The lowest BCUT2D eigenvalue weighted by molar-refractivity contribution is 0.669. The van der Waals surface area contributed by atoms with Gasteiger partial charge in [-0.1, -0.05) is 176 Å². The van der Waals surface area contributed by atoms with Crippen LogP contribution >= 0.6 is 0 Å². The van der Waals surface area contributed by atoms with E-state index in [1.54, 1.807) is 0 Å². The SMILES string of the molecule is c1ccc(-n2c3ccccc3c3ccccc32)c(-c2ccc(N(c3ccc(-c4ccc(-c5ccc6c(c5)oc5ccccc56)cc4)cc3)c3cc4ccccc4c4ccccc34)cc2)c1. The Kier molecular flexibility index (Phi) is 8.53. The molecule has 3 heteroatoms. The first-order chi connectivity index (χ1) is 32.2. The Morgan fingerprint density at radius 3 is 1.48 bits per heavy atom. The highest BCUT2D eigenvalue weighted by atomic mass is 16.3. The largest absolute Gasteiger partial charge is 0.456 e. The van der Waals surface area contributed by atoms with Crippen LogP contribution in [0.25, 0.3) is 104 Å². The van der Waals surface area contributed by atoms with E-state index in [9.17, 15) is 0 Å². The average Bonchev–Trinajstić information content (AvgIpc) is 3.92. The van der Waals surface area contributed by atoms with Gasteiger partial charge in [0.25, 0.3) is 0 Å². The highest BCUT2D eigenvalue weighted by molar-refractivity contribution is 6.15. The third-order valence-electron chi connectivity index (χ3n) is 13.2. The van der Waals surface area contributed by atoms with E-state index in [0.717, 1.165) is 66.9 Å². The number of benzene rings is 11. The van der Waals surface area contributed by atoms with Gasteiger partial charge >= 0.3 is 0 Å². The minimum Gasteiger partial charge on any atom is -0.456 e. The fourth-order valence-electron chi connectivity index (χ4n) is 10.1. The fourth-order valence-corrected chi connectivity index (χ4v) is 10.1. The lowest BCUT2D eigenvalue weighted by Crippen LogP contribution is -2.10. The van der Waals surface area contributed by atoms with Gasteiger partial charge in [0.2, 0.25) is 0 Å². The van der Waals surface area contributed by atoms with E-state index < -0.39 is 0 Å². The number of para-hydroxylation sites is 4. The van der Waals surface area contributed by atoms with Gasteiger partial charge in [0.15, 0.2) is 0 Å². The molecule has 0 N–H and O–H groups in total. The Balaban J connectivity index is 0.893. The van der Waals surface area contributed by atoms with Crippen LogP contribution in [-0.4, -0.2) is 4.57 Å². The summed E-state index contributed by atoms with van der Waals surface area (Å²) < 4.78 is 8.63. The molecule has 13 aromatic rings. The summed E-state index contributed by atoms with van der Waals surface area (Å²) in [5.41, 5.74) is 15.6. The normalized spacial score (nSPS) is 11.7. The van der Waals surface area contributed by atoms with Crippen LogP contribution in [0, 0.1) is 0 Å². The van der Waals surface area contributed by atoms with Crippen molar-refractivity contribution in [1.29, 1.82) is 0 Å². The standard InChI is InChI=1S/C62H40N2O/c1-2-14-49-46(13-1)39-60(52-17-4-3-16-51(49)52)63(47-34-29-42(30-35-47)41-25-27-43(28-26-41)45-33-38-56-55-20-8-12-24-61(55)65-62(56)40-45)48-36-31-44(32-37-48)50-15-5-9-21-57(50)64-58-22-10-6-18-53(58)54-19-7-11-23-59(54)64/h1-40H. The predicted molar refractivity (Wildman–Crippen MR) is 274 cm³/mol. The molecule has 0 aliphatic rings. The summed E-state index contributed by atoms with van der Waals surface area (Å²) in [5, 5.41) is 9.70. The number of rotatable bonds is 7. The van der Waals surface area contributed by atoms with Crippen LogP contribution in [0.4, 0.5) is 17.1 Å². The van der Waals surface area contributed by atoms with Gasteiger partial charge in [-0.3, -0.25) is 0 Å². The van der Waals surface area contributed by atoms with E-state index in [2.05, 4.69) is 240 Å². The van der Waals surface area contributed by atoms with Crippen LogP contribution in [0.1, 0.15) is 0 Å². The van der Waals surface area contributed by atoms with E-state index >= 15 is 0 Å². The van der Waals surface area contributed by atoms with Crippen molar-refractivity contribution in [2.45, 2.75) is 0 Å². The van der Waals surface area contributed by atoms with Crippen LogP contribution in [0.5, 0.6) is 0 Å². The molecular formula is C62H40N2O. The Morgan fingerprint density at radius 2 is 0.785 bits per heavy atom. The first kappa shape index (κ1) is 36.9.